The van der Waals surface area contributed by atoms with E-state index < -0.39 is 9.84 Å². The van der Waals surface area contributed by atoms with E-state index >= 15 is 0 Å². The maximum Gasteiger partial charge on any atom is 0.274 e. The van der Waals surface area contributed by atoms with Gasteiger partial charge in [-0.3, -0.25) is 4.79 Å². The lowest BCUT2D eigenvalue weighted by molar-refractivity contribution is 0.0720. The predicted octanol–water partition coefficient (Wildman–Crippen LogP) is 1.29. The highest BCUT2D eigenvalue weighted by Gasteiger charge is 2.29. The Bertz CT molecular complexity index is 818. The summed E-state index contributed by atoms with van der Waals surface area (Å²) >= 11 is 0. The van der Waals surface area contributed by atoms with E-state index in [0.717, 1.165) is 11.3 Å². The summed E-state index contributed by atoms with van der Waals surface area (Å²) in [6.07, 6.45) is 4.00. The monoisotopic (exact) mass is 321 g/mol. The van der Waals surface area contributed by atoms with Crippen LogP contribution in [0.5, 0.6) is 0 Å². The molecule has 22 heavy (non-hydrogen) atoms. The lowest BCUT2D eigenvalue weighted by Gasteiger charge is -2.30. The Kier molecular flexibility index (Phi) is 3.68. The maximum atomic E-state index is 12.5. The Morgan fingerprint density at radius 3 is 2.55 bits per heavy atom. The smallest absolute Gasteiger partial charge is 0.274 e. The third-order valence-corrected chi connectivity index (χ3v) is 5.93. The Morgan fingerprint density at radius 1 is 1.27 bits per heavy atom. The molecule has 1 aliphatic heterocycles. The van der Waals surface area contributed by atoms with Gasteiger partial charge < -0.3 is 9.30 Å². The Hall–Kier alpha value is -1.89. The Morgan fingerprint density at radius 2 is 1.95 bits per heavy atom. The van der Waals surface area contributed by atoms with Gasteiger partial charge in [0, 0.05) is 31.2 Å². The van der Waals surface area contributed by atoms with Crippen LogP contribution in [0.2, 0.25) is 0 Å². The van der Waals surface area contributed by atoms with Crippen molar-refractivity contribution in [2.75, 3.05) is 19.3 Å². The van der Waals surface area contributed by atoms with E-state index in [0.29, 0.717) is 31.6 Å². The summed E-state index contributed by atoms with van der Waals surface area (Å²) in [5, 5.41) is -0.333. The van der Waals surface area contributed by atoms with Gasteiger partial charge in [0.25, 0.3) is 5.91 Å². The van der Waals surface area contributed by atoms with E-state index in [-0.39, 0.29) is 11.2 Å². The second kappa shape index (κ2) is 5.39. The van der Waals surface area contributed by atoms with Crippen molar-refractivity contribution in [1.29, 1.82) is 0 Å². The van der Waals surface area contributed by atoms with Gasteiger partial charge in [-0.25, -0.2) is 13.4 Å². The predicted molar refractivity (Wildman–Crippen MR) is 83.7 cm³/mol. The zero-order valence-electron chi connectivity index (χ0n) is 12.7. The third-order valence-electron chi connectivity index (χ3n) is 4.25. The number of imidazole rings is 1. The number of aryl methyl sites for hydroxylation is 1. The fourth-order valence-corrected chi connectivity index (χ4v) is 3.97. The van der Waals surface area contributed by atoms with Crippen LogP contribution in [0, 0.1) is 6.92 Å². The molecule has 7 heteroatoms. The molecule has 1 amide bonds. The summed E-state index contributed by atoms with van der Waals surface area (Å²) < 4.78 is 25.0. The number of aromatic nitrogens is 2. The summed E-state index contributed by atoms with van der Waals surface area (Å²) in [7, 11) is -3.02. The number of carbonyl (C=O) groups excluding carboxylic acids is 1. The van der Waals surface area contributed by atoms with Crippen LogP contribution in [0.4, 0.5) is 0 Å². The highest BCUT2D eigenvalue weighted by molar-refractivity contribution is 7.91. The van der Waals surface area contributed by atoms with Crippen molar-refractivity contribution in [3.63, 3.8) is 0 Å². The van der Waals surface area contributed by atoms with Crippen molar-refractivity contribution in [1.82, 2.24) is 14.3 Å². The van der Waals surface area contributed by atoms with E-state index in [2.05, 4.69) is 4.98 Å². The van der Waals surface area contributed by atoms with E-state index in [9.17, 15) is 13.2 Å². The molecule has 3 heterocycles. The highest BCUT2D eigenvalue weighted by atomic mass is 32.2. The number of fused-ring (bicyclic) bond motifs is 1. The maximum absolute atomic E-state index is 12.5. The summed E-state index contributed by atoms with van der Waals surface area (Å²) in [4.78, 5) is 18.6. The molecule has 0 atom stereocenters. The molecule has 0 radical (unpaired) electrons. The number of carbonyl (C=O) groups is 1. The first-order chi connectivity index (χ1) is 10.4. The van der Waals surface area contributed by atoms with Gasteiger partial charge in [-0.05, 0) is 31.9 Å². The second-order valence-corrected chi connectivity index (χ2v) is 8.17. The van der Waals surface area contributed by atoms with Crippen LogP contribution >= 0.6 is 0 Å². The first kappa shape index (κ1) is 15.0. The fourth-order valence-electron chi connectivity index (χ4n) is 2.90. The molecule has 0 N–H and O–H groups in total. The molecular formula is C15H19N3O3S. The van der Waals surface area contributed by atoms with Crippen molar-refractivity contribution >= 4 is 21.4 Å². The standard InChI is InChI=1S/C15H19N3O3S/c1-11-4-3-5-14-16-13(10-18(11)14)15(19)17-8-6-12(7-9-17)22(2,20)21/h3-5,10,12H,6-9H2,1-2H3. The van der Waals surface area contributed by atoms with Crippen LogP contribution < -0.4 is 0 Å². The highest BCUT2D eigenvalue weighted by Crippen LogP contribution is 2.19. The van der Waals surface area contributed by atoms with Crippen LogP contribution in [-0.2, 0) is 9.84 Å². The molecule has 1 aliphatic rings. The van der Waals surface area contributed by atoms with E-state index in [1.807, 2.05) is 29.5 Å². The number of rotatable bonds is 2. The minimum atomic E-state index is -3.02. The van der Waals surface area contributed by atoms with Gasteiger partial charge in [-0.2, -0.15) is 0 Å². The normalized spacial score (nSPS) is 17.1. The van der Waals surface area contributed by atoms with Crippen molar-refractivity contribution in [2.24, 2.45) is 0 Å². The molecule has 1 fully saturated rings. The minimum Gasteiger partial charge on any atom is -0.337 e. The number of hydrogen-bond donors (Lipinski definition) is 0. The van der Waals surface area contributed by atoms with Crippen LogP contribution in [0.3, 0.4) is 0 Å². The number of likely N-dealkylation sites (tertiary alicyclic amines) is 1. The molecule has 0 bridgehead atoms. The summed E-state index contributed by atoms with van der Waals surface area (Å²) in [6.45, 7) is 2.88. The van der Waals surface area contributed by atoms with Crippen molar-refractivity contribution in [2.45, 2.75) is 25.0 Å². The lowest BCUT2D eigenvalue weighted by Crippen LogP contribution is -2.42. The fraction of sp³-hybridized carbons (Fsp3) is 0.467. The summed E-state index contributed by atoms with van der Waals surface area (Å²) in [5.74, 6) is -0.130. The second-order valence-electron chi connectivity index (χ2n) is 5.84. The number of piperidine rings is 1. The summed E-state index contributed by atoms with van der Waals surface area (Å²) in [6, 6.07) is 5.73. The van der Waals surface area contributed by atoms with Crippen molar-refractivity contribution in [3.8, 4) is 0 Å². The molecule has 0 unspecified atom stereocenters. The SMILES string of the molecule is Cc1cccc2nc(C(=O)N3CCC(S(C)(=O)=O)CC3)cn12. The van der Waals surface area contributed by atoms with Crippen LogP contribution in [-0.4, -0.2) is 53.2 Å². The van der Waals surface area contributed by atoms with Gasteiger partial charge >= 0.3 is 0 Å². The van der Waals surface area contributed by atoms with Crippen LogP contribution in [0.1, 0.15) is 29.0 Å². The molecule has 2 aromatic rings. The molecule has 118 valence electrons. The Balaban J connectivity index is 1.78. The topological polar surface area (TPSA) is 71.8 Å². The molecule has 3 rings (SSSR count). The average Bonchev–Trinajstić information content (AvgIpc) is 2.91. The number of nitrogens with zero attached hydrogens (tertiary/aromatic N) is 3. The van der Waals surface area contributed by atoms with Crippen molar-refractivity contribution in [3.05, 3.63) is 35.8 Å². The summed E-state index contributed by atoms with van der Waals surface area (Å²) in [5.41, 5.74) is 2.17. The molecular weight excluding hydrogens is 302 g/mol. The molecule has 0 aromatic carbocycles. The molecule has 6 nitrogen and oxygen atoms in total. The number of pyridine rings is 1. The zero-order valence-corrected chi connectivity index (χ0v) is 13.5. The first-order valence-electron chi connectivity index (χ1n) is 7.29. The quantitative estimate of drug-likeness (QED) is 0.835. The number of hydrogen-bond acceptors (Lipinski definition) is 4. The molecule has 0 aliphatic carbocycles. The van der Waals surface area contributed by atoms with E-state index in [1.54, 1.807) is 11.1 Å². The van der Waals surface area contributed by atoms with Crippen LogP contribution in [0.15, 0.2) is 24.4 Å². The number of sulfone groups is 1. The van der Waals surface area contributed by atoms with E-state index in [4.69, 9.17) is 0 Å². The molecule has 1 saturated heterocycles. The average molecular weight is 321 g/mol. The minimum absolute atomic E-state index is 0.130. The molecule has 0 saturated carbocycles. The number of amides is 1. The largest absolute Gasteiger partial charge is 0.337 e. The third kappa shape index (κ3) is 2.72. The van der Waals surface area contributed by atoms with Gasteiger partial charge in [-0.15, -0.1) is 0 Å². The van der Waals surface area contributed by atoms with Gasteiger partial charge in [0.1, 0.15) is 21.2 Å². The van der Waals surface area contributed by atoms with E-state index in [1.165, 1.54) is 6.26 Å². The lowest BCUT2D eigenvalue weighted by atomic mass is 10.1. The van der Waals surface area contributed by atoms with Gasteiger partial charge in [0.05, 0.1) is 5.25 Å². The van der Waals surface area contributed by atoms with Crippen LogP contribution in [0.25, 0.3) is 5.65 Å². The Labute approximate surface area is 129 Å². The molecule has 0 spiro atoms. The zero-order chi connectivity index (χ0) is 15.9. The van der Waals surface area contributed by atoms with Crippen molar-refractivity contribution < 1.29 is 13.2 Å². The van der Waals surface area contributed by atoms with Gasteiger partial charge in [-0.1, -0.05) is 6.07 Å². The van der Waals surface area contributed by atoms with Gasteiger partial charge in [0.2, 0.25) is 0 Å². The first-order valence-corrected chi connectivity index (χ1v) is 9.24. The van der Waals surface area contributed by atoms with Gasteiger partial charge in [0.15, 0.2) is 0 Å². The molecule has 2 aromatic heterocycles.